The number of aryl methyl sites for hydroxylation is 2. The molecule has 2 aromatic rings. The molecule has 0 atom stereocenters. The van der Waals surface area contributed by atoms with Crippen molar-refractivity contribution in [3.8, 4) is 0 Å². The van der Waals surface area contributed by atoms with Crippen LogP contribution >= 0.6 is 11.6 Å². The topological polar surface area (TPSA) is 17.0 Å². The van der Waals surface area contributed by atoms with E-state index in [9.17, 15) is 0 Å². The lowest BCUT2D eigenvalue weighted by atomic mass is 10.1. The highest BCUT2D eigenvalue weighted by Crippen LogP contribution is 2.27. The number of rotatable bonds is 4. The van der Waals surface area contributed by atoms with Crippen molar-refractivity contribution in [2.24, 2.45) is 7.05 Å². The minimum atomic E-state index is 0.813. The molecular formula is C14H19ClN2. The van der Waals surface area contributed by atoms with E-state index in [1.165, 1.54) is 22.2 Å². The van der Waals surface area contributed by atoms with Crippen LogP contribution in [0.3, 0.4) is 0 Å². The van der Waals surface area contributed by atoms with Crippen LogP contribution in [0.25, 0.3) is 10.9 Å². The van der Waals surface area contributed by atoms with Gasteiger partial charge in [-0.2, -0.15) is 0 Å². The number of hydrogen-bond acceptors (Lipinski definition) is 1. The zero-order chi connectivity index (χ0) is 12.4. The summed E-state index contributed by atoms with van der Waals surface area (Å²) in [5, 5.41) is 5.28. The van der Waals surface area contributed by atoms with Crippen molar-refractivity contribution in [1.29, 1.82) is 0 Å². The monoisotopic (exact) mass is 250 g/mol. The lowest BCUT2D eigenvalue weighted by Crippen LogP contribution is -2.09. The fourth-order valence-corrected chi connectivity index (χ4v) is 2.61. The maximum absolute atomic E-state index is 6.06. The summed E-state index contributed by atoms with van der Waals surface area (Å²) >= 11 is 6.06. The Kier molecular flexibility index (Phi) is 3.75. The van der Waals surface area contributed by atoms with Crippen molar-refractivity contribution in [2.45, 2.75) is 19.8 Å². The van der Waals surface area contributed by atoms with E-state index in [1.54, 1.807) is 0 Å². The van der Waals surface area contributed by atoms with Crippen LogP contribution in [-0.4, -0.2) is 18.2 Å². The number of halogens is 1. The molecule has 0 saturated carbocycles. The summed E-state index contributed by atoms with van der Waals surface area (Å²) in [5.74, 6) is 0. The predicted octanol–water partition coefficient (Wildman–Crippen LogP) is 3.29. The molecule has 0 unspecified atom stereocenters. The first kappa shape index (κ1) is 12.5. The second kappa shape index (κ2) is 5.11. The average molecular weight is 251 g/mol. The summed E-state index contributed by atoms with van der Waals surface area (Å²) < 4.78 is 2.29. The first-order valence-electron chi connectivity index (χ1n) is 6.03. The minimum absolute atomic E-state index is 0.813. The molecule has 1 aromatic carbocycles. The first-order valence-corrected chi connectivity index (χ1v) is 6.41. The highest BCUT2D eigenvalue weighted by atomic mass is 35.5. The Hall–Kier alpha value is -0.990. The molecule has 0 spiro atoms. The maximum atomic E-state index is 6.06. The standard InChI is InChI=1S/C14H19ClN2/c1-10-12-9-11(15)6-7-14(12)17(3)13(10)5-4-8-16-2/h6-7,9,16H,4-5,8H2,1-3H3. The third kappa shape index (κ3) is 2.33. The highest BCUT2D eigenvalue weighted by Gasteiger charge is 2.11. The van der Waals surface area contributed by atoms with E-state index in [0.29, 0.717) is 0 Å². The van der Waals surface area contributed by atoms with E-state index in [2.05, 4.69) is 36.0 Å². The first-order chi connectivity index (χ1) is 8.15. The van der Waals surface area contributed by atoms with E-state index >= 15 is 0 Å². The summed E-state index contributed by atoms with van der Waals surface area (Å²) in [6.45, 7) is 3.25. The molecule has 0 aliphatic carbocycles. The van der Waals surface area contributed by atoms with Crippen LogP contribution in [0.2, 0.25) is 5.02 Å². The Labute approximate surface area is 108 Å². The average Bonchev–Trinajstić information content (AvgIpc) is 2.54. The molecule has 17 heavy (non-hydrogen) atoms. The zero-order valence-corrected chi connectivity index (χ0v) is 11.4. The van der Waals surface area contributed by atoms with Crippen LogP contribution in [0, 0.1) is 6.92 Å². The highest BCUT2D eigenvalue weighted by molar-refractivity contribution is 6.31. The third-order valence-corrected chi connectivity index (χ3v) is 3.64. The number of hydrogen-bond donors (Lipinski definition) is 1. The minimum Gasteiger partial charge on any atom is -0.347 e. The molecule has 0 fully saturated rings. The largest absolute Gasteiger partial charge is 0.347 e. The second-order valence-corrected chi connectivity index (χ2v) is 4.94. The molecule has 1 heterocycles. The second-order valence-electron chi connectivity index (χ2n) is 4.50. The number of benzene rings is 1. The van der Waals surface area contributed by atoms with Gasteiger partial charge in [-0.05, 0) is 57.1 Å². The van der Waals surface area contributed by atoms with E-state index in [1.807, 2.05) is 13.1 Å². The third-order valence-electron chi connectivity index (χ3n) is 3.40. The van der Waals surface area contributed by atoms with Gasteiger partial charge in [-0.3, -0.25) is 0 Å². The Morgan fingerprint density at radius 3 is 2.82 bits per heavy atom. The van der Waals surface area contributed by atoms with Gasteiger partial charge < -0.3 is 9.88 Å². The van der Waals surface area contributed by atoms with Crippen molar-refractivity contribution < 1.29 is 0 Å². The molecule has 3 heteroatoms. The smallest absolute Gasteiger partial charge is 0.0483 e. The van der Waals surface area contributed by atoms with E-state index < -0.39 is 0 Å². The summed E-state index contributed by atoms with van der Waals surface area (Å²) in [4.78, 5) is 0. The van der Waals surface area contributed by atoms with Crippen LogP contribution in [0.4, 0.5) is 0 Å². The summed E-state index contributed by atoms with van der Waals surface area (Å²) in [5.41, 5.74) is 4.05. The SMILES string of the molecule is CNCCCc1c(C)c2cc(Cl)ccc2n1C. The molecule has 1 N–H and O–H groups in total. The molecule has 92 valence electrons. The molecule has 1 aromatic heterocycles. The summed E-state index contributed by atoms with van der Waals surface area (Å²) in [7, 11) is 4.13. The quantitative estimate of drug-likeness (QED) is 0.824. The van der Waals surface area contributed by atoms with Crippen LogP contribution in [0.15, 0.2) is 18.2 Å². The normalized spacial score (nSPS) is 11.3. The maximum Gasteiger partial charge on any atom is 0.0483 e. The van der Waals surface area contributed by atoms with Gasteiger partial charge in [0.25, 0.3) is 0 Å². The number of fused-ring (bicyclic) bond motifs is 1. The van der Waals surface area contributed by atoms with Gasteiger partial charge in [0.15, 0.2) is 0 Å². The van der Waals surface area contributed by atoms with Gasteiger partial charge in [-0.15, -0.1) is 0 Å². The molecule has 0 amide bonds. The van der Waals surface area contributed by atoms with Gasteiger partial charge in [0.1, 0.15) is 0 Å². The lowest BCUT2D eigenvalue weighted by Gasteiger charge is -2.05. The van der Waals surface area contributed by atoms with Gasteiger partial charge in [0.05, 0.1) is 0 Å². The van der Waals surface area contributed by atoms with Crippen molar-refractivity contribution in [1.82, 2.24) is 9.88 Å². The van der Waals surface area contributed by atoms with Crippen LogP contribution in [-0.2, 0) is 13.5 Å². The molecular weight excluding hydrogens is 232 g/mol. The predicted molar refractivity (Wildman–Crippen MR) is 74.9 cm³/mol. The van der Waals surface area contributed by atoms with E-state index in [-0.39, 0.29) is 0 Å². The lowest BCUT2D eigenvalue weighted by molar-refractivity contribution is 0.696. The molecule has 0 aliphatic heterocycles. The van der Waals surface area contributed by atoms with Gasteiger partial charge in [-0.25, -0.2) is 0 Å². The molecule has 2 rings (SSSR count). The van der Waals surface area contributed by atoms with Gasteiger partial charge in [0.2, 0.25) is 0 Å². The fraction of sp³-hybridized carbons (Fsp3) is 0.429. The molecule has 0 radical (unpaired) electrons. The van der Waals surface area contributed by atoms with E-state index in [0.717, 1.165) is 24.4 Å². The number of aromatic nitrogens is 1. The molecule has 0 saturated heterocycles. The van der Waals surface area contributed by atoms with Crippen molar-refractivity contribution in [3.63, 3.8) is 0 Å². The van der Waals surface area contributed by atoms with E-state index in [4.69, 9.17) is 11.6 Å². The van der Waals surface area contributed by atoms with Crippen molar-refractivity contribution >= 4 is 22.5 Å². The fourth-order valence-electron chi connectivity index (χ4n) is 2.44. The van der Waals surface area contributed by atoms with Gasteiger partial charge >= 0.3 is 0 Å². The van der Waals surface area contributed by atoms with Gasteiger partial charge in [-0.1, -0.05) is 11.6 Å². The number of nitrogens with zero attached hydrogens (tertiary/aromatic N) is 1. The number of nitrogens with one attached hydrogen (secondary N) is 1. The molecule has 0 aliphatic rings. The Balaban J connectivity index is 2.42. The van der Waals surface area contributed by atoms with Crippen LogP contribution in [0.5, 0.6) is 0 Å². The Morgan fingerprint density at radius 2 is 2.12 bits per heavy atom. The van der Waals surface area contributed by atoms with Crippen LogP contribution in [0.1, 0.15) is 17.7 Å². The molecule has 2 nitrogen and oxygen atoms in total. The zero-order valence-electron chi connectivity index (χ0n) is 10.7. The molecule has 0 bridgehead atoms. The summed E-state index contributed by atoms with van der Waals surface area (Å²) in [6, 6.07) is 6.13. The van der Waals surface area contributed by atoms with Crippen LogP contribution < -0.4 is 5.32 Å². The Bertz CT molecular complexity index is 528. The summed E-state index contributed by atoms with van der Waals surface area (Å²) in [6.07, 6.45) is 2.27. The van der Waals surface area contributed by atoms with Gasteiger partial charge in [0, 0.05) is 28.7 Å². The van der Waals surface area contributed by atoms with Crippen molar-refractivity contribution in [3.05, 3.63) is 34.5 Å². The Morgan fingerprint density at radius 1 is 1.35 bits per heavy atom. The van der Waals surface area contributed by atoms with Crippen molar-refractivity contribution in [2.75, 3.05) is 13.6 Å².